The third-order valence-electron chi connectivity index (χ3n) is 9.73. The van der Waals surface area contributed by atoms with Gasteiger partial charge in [0, 0.05) is 23.5 Å². The van der Waals surface area contributed by atoms with E-state index >= 15 is 0 Å². The maximum Gasteiger partial charge on any atom is 0.256 e. The second-order valence-electron chi connectivity index (χ2n) is 13.1. The van der Waals surface area contributed by atoms with E-state index in [1.165, 1.54) is 19.3 Å². The lowest BCUT2D eigenvalue weighted by molar-refractivity contribution is -0.131. The van der Waals surface area contributed by atoms with Crippen LogP contribution in [-0.2, 0) is 22.7 Å². The molecule has 0 radical (unpaired) electrons. The van der Waals surface area contributed by atoms with Crippen LogP contribution in [0.1, 0.15) is 80.7 Å². The average molecular weight is 599 g/mol. The number of aliphatic imine (C=N–C) groups is 1. The molecule has 2 heterocycles. The SMILES string of the molecule is CCCCC1=NC2(CC3CC3C2)C(=O)N1Cc1ccc(-c2ccccc2SNc2noc(C)c2C)c(COCC2CC2)c1. The molecule has 7 rings (SSSR count). The molecule has 0 bridgehead atoms. The van der Waals surface area contributed by atoms with Crippen LogP contribution in [0.4, 0.5) is 5.82 Å². The quantitative estimate of drug-likeness (QED) is 0.200. The Morgan fingerprint density at radius 2 is 1.93 bits per heavy atom. The summed E-state index contributed by atoms with van der Waals surface area (Å²) in [6, 6.07) is 15.1. The van der Waals surface area contributed by atoms with E-state index in [1.807, 2.05) is 18.7 Å². The lowest BCUT2D eigenvalue weighted by atomic mass is 9.93. The molecule has 226 valence electrons. The number of amidine groups is 1. The molecule has 3 aliphatic carbocycles. The lowest BCUT2D eigenvalue weighted by Crippen LogP contribution is -2.41. The molecular formula is C35H42N4O3S. The number of ether oxygens (including phenoxy) is 1. The fraction of sp³-hybridized carbons (Fsp3) is 0.514. The molecule has 3 saturated carbocycles. The Kier molecular flexibility index (Phi) is 7.84. The smallest absolute Gasteiger partial charge is 0.256 e. The van der Waals surface area contributed by atoms with Crippen molar-refractivity contribution in [3.8, 4) is 11.1 Å². The number of amides is 1. The normalized spacial score (nSPS) is 24.1. The summed E-state index contributed by atoms with van der Waals surface area (Å²) in [4.78, 5) is 22.2. The number of anilines is 1. The molecule has 2 aromatic carbocycles. The number of carbonyl (C=O) groups excluding carboxylic acids is 1. The molecule has 3 aromatic rings. The molecule has 1 aromatic heterocycles. The number of hydrogen-bond acceptors (Lipinski definition) is 7. The van der Waals surface area contributed by atoms with Gasteiger partial charge in [0.05, 0.1) is 13.2 Å². The molecule has 1 spiro atoms. The molecule has 7 nitrogen and oxygen atoms in total. The van der Waals surface area contributed by atoms with E-state index in [0.717, 1.165) is 88.8 Å². The van der Waals surface area contributed by atoms with Crippen LogP contribution >= 0.6 is 11.9 Å². The van der Waals surface area contributed by atoms with Crippen LogP contribution in [0.5, 0.6) is 0 Å². The van der Waals surface area contributed by atoms with Gasteiger partial charge in [-0.25, -0.2) is 0 Å². The highest BCUT2D eigenvalue weighted by Gasteiger charge is 2.61. The van der Waals surface area contributed by atoms with Crippen LogP contribution in [0.15, 0.2) is 56.9 Å². The summed E-state index contributed by atoms with van der Waals surface area (Å²) in [5.74, 6) is 4.90. The highest BCUT2D eigenvalue weighted by atomic mass is 32.2. The molecular weight excluding hydrogens is 556 g/mol. The van der Waals surface area contributed by atoms with Crippen LogP contribution in [0.3, 0.4) is 0 Å². The van der Waals surface area contributed by atoms with Gasteiger partial charge in [-0.2, -0.15) is 0 Å². The fourth-order valence-electron chi connectivity index (χ4n) is 6.76. The van der Waals surface area contributed by atoms with Crippen LogP contribution < -0.4 is 4.72 Å². The number of rotatable bonds is 13. The third kappa shape index (κ3) is 5.88. The largest absolute Gasteiger partial charge is 0.376 e. The Morgan fingerprint density at radius 1 is 1.12 bits per heavy atom. The summed E-state index contributed by atoms with van der Waals surface area (Å²) < 4.78 is 15.0. The molecule has 43 heavy (non-hydrogen) atoms. The molecule has 3 fully saturated rings. The first-order chi connectivity index (χ1) is 20.9. The first-order valence-electron chi connectivity index (χ1n) is 16.0. The van der Waals surface area contributed by atoms with Crippen LogP contribution in [0, 0.1) is 31.6 Å². The number of hydrogen-bond donors (Lipinski definition) is 1. The summed E-state index contributed by atoms with van der Waals surface area (Å²) in [7, 11) is 0. The summed E-state index contributed by atoms with van der Waals surface area (Å²) in [6.45, 7) is 8.05. The zero-order valence-corrected chi connectivity index (χ0v) is 26.3. The van der Waals surface area contributed by atoms with Gasteiger partial charge in [0.2, 0.25) is 0 Å². The highest BCUT2D eigenvalue weighted by Crippen LogP contribution is 2.59. The van der Waals surface area contributed by atoms with Crippen molar-refractivity contribution in [3.63, 3.8) is 0 Å². The number of aryl methyl sites for hydroxylation is 1. The van der Waals surface area contributed by atoms with Crippen molar-refractivity contribution in [1.82, 2.24) is 10.1 Å². The lowest BCUT2D eigenvalue weighted by Gasteiger charge is -2.24. The van der Waals surface area contributed by atoms with Crippen molar-refractivity contribution in [2.75, 3.05) is 11.3 Å². The van der Waals surface area contributed by atoms with E-state index in [1.54, 1.807) is 11.9 Å². The van der Waals surface area contributed by atoms with Crippen molar-refractivity contribution in [3.05, 3.63) is 64.9 Å². The minimum Gasteiger partial charge on any atom is -0.376 e. The molecule has 1 aliphatic heterocycles. The number of benzene rings is 2. The molecule has 4 aliphatic rings. The zero-order chi connectivity index (χ0) is 29.6. The van der Waals surface area contributed by atoms with Gasteiger partial charge >= 0.3 is 0 Å². The topological polar surface area (TPSA) is 80.0 Å². The van der Waals surface area contributed by atoms with E-state index in [-0.39, 0.29) is 5.91 Å². The van der Waals surface area contributed by atoms with Gasteiger partial charge in [-0.3, -0.25) is 14.7 Å². The predicted molar refractivity (Wildman–Crippen MR) is 171 cm³/mol. The Balaban J connectivity index is 1.15. The van der Waals surface area contributed by atoms with Gasteiger partial charge in [-0.05, 0) is 110 Å². The molecule has 8 heteroatoms. The summed E-state index contributed by atoms with van der Waals surface area (Å²) in [5.41, 5.74) is 5.09. The summed E-state index contributed by atoms with van der Waals surface area (Å²) in [6.07, 6.45) is 8.72. The second-order valence-corrected chi connectivity index (χ2v) is 13.9. The third-order valence-corrected chi connectivity index (χ3v) is 10.6. The van der Waals surface area contributed by atoms with Crippen LogP contribution in [-0.4, -0.2) is 33.9 Å². The predicted octanol–water partition coefficient (Wildman–Crippen LogP) is 8.10. The summed E-state index contributed by atoms with van der Waals surface area (Å²) >= 11 is 1.54. The number of fused-ring (bicyclic) bond motifs is 1. The van der Waals surface area contributed by atoms with Crippen molar-refractivity contribution >= 4 is 29.5 Å². The minimum absolute atomic E-state index is 0.229. The summed E-state index contributed by atoms with van der Waals surface area (Å²) in [5, 5.41) is 4.17. The van der Waals surface area contributed by atoms with Crippen molar-refractivity contribution in [1.29, 1.82) is 0 Å². The highest BCUT2D eigenvalue weighted by molar-refractivity contribution is 8.00. The van der Waals surface area contributed by atoms with Crippen molar-refractivity contribution < 1.29 is 14.1 Å². The zero-order valence-electron chi connectivity index (χ0n) is 25.5. The number of nitrogens with zero attached hydrogens (tertiary/aromatic N) is 3. The fourth-order valence-corrected chi connectivity index (χ4v) is 7.60. The van der Waals surface area contributed by atoms with E-state index in [2.05, 4.69) is 59.3 Å². The van der Waals surface area contributed by atoms with E-state index in [4.69, 9.17) is 14.3 Å². The standard InChI is InChI=1S/C35H42N4O3S/c1-4-5-10-32-36-35(17-26-16-27(26)18-35)34(40)39(32)19-25-13-14-29(28(15-25)21-41-20-24-11-12-24)30-8-6-7-9-31(30)43-38-33-22(2)23(3)42-37-33/h6-9,13-15,24,26-27H,4-5,10-12,16-21H2,1-3H3,(H,37,38). The van der Waals surface area contributed by atoms with Gasteiger partial charge in [-0.15, -0.1) is 0 Å². The Hall–Kier alpha value is -3.10. The van der Waals surface area contributed by atoms with E-state index < -0.39 is 5.54 Å². The van der Waals surface area contributed by atoms with Crippen molar-refractivity contribution in [2.45, 2.75) is 95.7 Å². The Bertz CT molecular complexity index is 1530. The number of carbonyl (C=O) groups is 1. The maximum atomic E-state index is 13.9. The van der Waals surface area contributed by atoms with E-state index in [9.17, 15) is 4.79 Å². The average Bonchev–Trinajstić information content (AvgIpc) is 3.91. The molecule has 1 amide bonds. The van der Waals surface area contributed by atoms with E-state index in [0.29, 0.717) is 30.9 Å². The van der Waals surface area contributed by atoms with Gasteiger partial charge in [0.15, 0.2) is 5.82 Å². The second kappa shape index (κ2) is 11.8. The maximum absolute atomic E-state index is 13.9. The molecule has 2 unspecified atom stereocenters. The van der Waals surface area contributed by atoms with Gasteiger partial charge in [0.25, 0.3) is 5.91 Å². The molecule has 1 N–H and O–H groups in total. The number of aromatic nitrogens is 1. The van der Waals surface area contributed by atoms with Gasteiger partial charge in [0.1, 0.15) is 17.1 Å². The molecule has 0 saturated heterocycles. The van der Waals surface area contributed by atoms with Crippen molar-refractivity contribution in [2.24, 2.45) is 22.7 Å². The van der Waals surface area contributed by atoms with Gasteiger partial charge in [-0.1, -0.05) is 54.9 Å². The Labute approximate surface area is 259 Å². The van der Waals surface area contributed by atoms with Crippen LogP contribution in [0.2, 0.25) is 0 Å². The molecule has 2 atom stereocenters. The first-order valence-corrected chi connectivity index (χ1v) is 16.8. The monoisotopic (exact) mass is 598 g/mol. The first kappa shape index (κ1) is 28.7. The number of nitrogens with one attached hydrogen (secondary N) is 1. The minimum atomic E-state index is -0.489. The van der Waals surface area contributed by atoms with Crippen LogP contribution in [0.25, 0.3) is 11.1 Å². The van der Waals surface area contributed by atoms with Gasteiger partial charge < -0.3 is 14.0 Å². The number of unbranched alkanes of at least 4 members (excludes halogenated alkanes) is 1. The Morgan fingerprint density at radius 3 is 2.67 bits per heavy atom.